The number of likely N-dealkylation sites (tertiary alicyclic amines) is 1. The highest BCUT2D eigenvalue weighted by atomic mass is 32.1. The van der Waals surface area contributed by atoms with Gasteiger partial charge in [-0.25, -0.2) is 4.39 Å². The Morgan fingerprint density at radius 3 is 2.51 bits per heavy atom. The smallest absolute Gasteiger partial charge is 0.271 e. The van der Waals surface area contributed by atoms with Crippen LogP contribution in [0.2, 0.25) is 0 Å². The summed E-state index contributed by atoms with van der Waals surface area (Å²) in [5.41, 5.74) is 1.68. The number of rotatable bonds is 5. The number of amides is 1. The third kappa shape index (κ3) is 4.55. The van der Waals surface area contributed by atoms with Crippen LogP contribution in [0.25, 0.3) is 10.9 Å². The number of hydrogen-bond acceptors (Lipinski definition) is 5. The Kier molecular flexibility index (Phi) is 6.34. The van der Waals surface area contributed by atoms with E-state index in [1.54, 1.807) is 16.7 Å². The summed E-state index contributed by atoms with van der Waals surface area (Å²) in [4.78, 5) is 28.6. The van der Waals surface area contributed by atoms with Crippen molar-refractivity contribution in [2.75, 3.05) is 18.4 Å². The number of pyridine rings is 1. The monoisotopic (exact) mass is 486 g/mol. The van der Waals surface area contributed by atoms with Gasteiger partial charge in [0.05, 0.1) is 22.6 Å². The van der Waals surface area contributed by atoms with Crippen molar-refractivity contribution in [3.05, 3.63) is 98.2 Å². The van der Waals surface area contributed by atoms with E-state index in [0.717, 1.165) is 28.7 Å². The van der Waals surface area contributed by atoms with Gasteiger partial charge in [-0.3, -0.25) is 9.59 Å². The van der Waals surface area contributed by atoms with E-state index in [4.69, 9.17) is 0 Å². The predicted octanol–water partition coefficient (Wildman–Crippen LogP) is 4.84. The molecule has 8 heteroatoms. The van der Waals surface area contributed by atoms with E-state index in [-0.39, 0.29) is 35.4 Å². The number of carbonyl (C=O) groups is 1. The van der Waals surface area contributed by atoms with Crippen LogP contribution in [0.3, 0.4) is 0 Å². The maximum atomic E-state index is 13.4. The van der Waals surface area contributed by atoms with E-state index < -0.39 is 0 Å². The van der Waals surface area contributed by atoms with E-state index in [9.17, 15) is 19.2 Å². The molecule has 0 unspecified atom stereocenters. The maximum absolute atomic E-state index is 13.4. The molecule has 0 radical (unpaired) electrons. The molecule has 1 aliphatic heterocycles. The highest BCUT2D eigenvalue weighted by Crippen LogP contribution is 2.28. The van der Waals surface area contributed by atoms with Gasteiger partial charge in [-0.15, -0.1) is 11.3 Å². The van der Waals surface area contributed by atoms with E-state index in [1.165, 1.54) is 23.5 Å². The standard InChI is InChI=1S/C27H23FN4O2S/c28-19-9-7-18(8-10-19)17-32-23-5-2-1-4-21(23)25(22(16-29)26(32)33)30-20-11-13-31(14-12-20)27(34)24-6-3-15-35-24/h1-10,15,20,30H,11-14,17H2. The van der Waals surface area contributed by atoms with E-state index in [0.29, 0.717) is 24.3 Å². The lowest BCUT2D eigenvalue weighted by Crippen LogP contribution is -2.42. The number of fused-ring (bicyclic) bond motifs is 1. The van der Waals surface area contributed by atoms with Crippen molar-refractivity contribution in [2.45, 2.75) is 25.4 Å². The van der Waals surface area contributed by atoms with Crippen molar-refractivity contribution in [1.29, 1.82) is 5.26 Å². The normalized spacial score (nSPS) is 14.1. The minimum Gasteiger partial charge on any atom is -0.380 e. The molecule has 1 fully saturated rings. The largest absolute Gasteiger partial charge is 0.380 e. The molecule has 0 saturated carbocycles. The summed E-state index contributed by atoms with van der Waals surface area (Å²) >= 11 is 1.44. The number of benzene rings is 2. The first kappa shape index (κ1) is 22.8. The molecule has 5 rings (SSSR count). The van der Waals surface area contributed by atoms with Crippen LogP contribution in [-0.4, -0.2) is 34.5 Å². The summed E-state index contributed by atoms with van der Waals surface area (Å²) in [6.07, 6.45) is 1.43. The van der Waals surface area contributed by atoms with E-state index >= 15 is 0 Å². The Bertz CT molecular complexity index is 1460. The van der Waals surface area contributed by atoms with Gasteiger partial charge in [-0.05, 0) is 48.1 Å². The number of halogens is 1. The molecule has 0 atom stereocenters. The maximum Gasteiger partial charge on any atom is 0.271 e. The van der Waals surface area contributed by atoms with Gasteiger partial charge in [0.1, 0.15) is 17.4 Å². The average molecular weight is 487 g/mol. The summed E-state index contributed by atoms with van der Waals surface area (Å²) in [5, 5.41) is 16.1. The van der Waals surface area contributed by atoms with E-state index in [1.807, 2.05) is 46.7 Å². The number of nitrogens with zero attached hydrogens (tertiary/aromatic N) is 3. The average Bonchev–Trinajstić information content (AvgIpc) is 3.43. The molecule has 2 aromatic heterocycles. The van der Waals surface area contributed by atoms with Crippen LogP contribution in [0.5, 0.6) is 0 Å². The zero-order chi connectivity index (χ0) is 24.4. The Morgan fingerprint density at radius 2 is 1.83 bits per heavy atom. The number of nitriles is 1. The van der Waals surface area contributed by atoms with Gasteiger partial charge in [0, 0.05) is 24.5 Å². The minimum atomic E-state index is -0.386. The molecule has 2 aromatic carbocycles. The molecule has 6 nitrogen and oxygen atoms in total. The molecule has 35 heavy (non-hydrogen) atoms. The Morgan fingerprint density at radius 1 is 1.09 bits per heavy atom. The molecule has 0 aliphatic carbocycles. The zero-order valence-electron chi connectivity index (χ0n) is 18.9. The van der Waals surface area contributed by atoms with Crippen molar-refractivity contribution in [1.82, 2.24) is 9.47 Å². The van der Waals surface area contributed by atoms with Gasteiger partial charge in [-0.2, -0.15) is 5.26 Å². The second-order valence-corrected chi connectivity index (χ2v) is 9.53. The Hall–Kier alpha value is -3.96. The molecular weight excluding hydrogens is 463 g/mol. The predicted molar refractivity (Wildman–Crippen MR) is 135 cm³/mol. The molecule has 176 valence electrons. The van der Waals surface area contributed by atoms with Crippen molar-refractivity contribution in [2.24, 2.45) is 0 Å². The number of carbonyl (C=O) groups excluding carboxylic acids is 1. The fourth-order valence-electron chi connectivity index (χ4n) is 4.58. The lowest BCUT2D eigenvalue weighted by Gasteiger charge is -2.33. The first-order chi connectivity index (χ1) is 17.0. The van der Waals surface area contributed by atoms with Gasteiger partial charge < -0.3 is 14.8 Å². The SMILES string of the molecule is N#Cc1c(NC2CCN(C(=O)c3cccs3)CC2)c2ccccc2n(Cc2ccc(F)cc2)c1=O. The third-order valence-corrected chi connectivity index (χ3v) is 7.26. The molecule has 3 heterocycles. The summed E-state index contributed by atoms with van der Waals surface area (Å²) in [6.45, 7) is 1.45. The molecule has 1 amide bonds. The van der Waals surface area contributed by atoms with Crippen molar-refractivity contribution >= 4 is 33.8 Å². The molecule has 0 spiro atoms. The van der Waals surface area contributed by atoms with Crippen LogP contribution in [0, 0.1) is 17.1 Å². The fraction of sp³-hybridized carbons (Fsp3) is 0.222. The van der Waals surface area contributed by atoms with Crippen molar-refractivity contribution < 1.29 is 9.18 Å². The van der Waals surface area contributed by atoms with Gasteiger partial charge in [0.15, 0.2) is 0 Å². The van der Waals surface area contributed by atoms with Crippen molar-refractivity contribution in [3.8, 4) is 6.07 Å². The number of para-hydroxylation sites is 1. The zero-order valence-corrected chi connectivity index (χ0v) is 19.7. The third-order valence-electron chi connectivity index (χ3n) is 6.40. The van der Waals surface area contributed by atoms with E-state index in [2.05, 4.69) is 11.4 Å². The summed E-state index contributed by atoms with van der Waals surface area (Å²) in [7, 11) is 0. The number of piperidine rings is 1. The number of aromatic nitrogens is 1. The van der Waals surface area contributed by atoms with Crippen LogP contribution in [0.4, 0.5) is 10.1 Å². The van der Waals surface area contributed by atoms with Crippen LogP contribution >= 0.6 is 11.3 Å². The molecule has 4 aromatic rings. The number of hydrogen-bond donors (Lipinski definition) is 1. The molecule has 1 saturated heterocycles. The van der Waals surface area contributed by atoms with Crippen LogP contribution in [-0.2, 0) is 6.54 Å². The minimum absolute atomic E-state index is 0.0326. The van der Waals surface area contributed by atoms with Crippen LogP contribution < -0.4 is 10.9 Å². The van der Waals surface area contributed by atoms with Gasteiger partial charge in [-0.1, -0.05) is 36.4 Å². The first-order valence-electron chi connectivity index (χ1n) is 11.4. The topological polar surface area (TPSA) is 78.1 Å². The fourth-order valence-corrected chi connectivity index (χ4v) is 5.27. The number of anilines is 1. The first-order valence-corrected chi connectivity index (χ1v) is 12.3. The van der Waals surface area contributed by atoms with Crippen LogP contribution in [0.15, 0.2) is 70.8 Å². The second kappa shape index (κ2) is 9.72. The molecular formula is C27H23FN4O2S. The van der Waals surface area contributed by atoms with Crippen LogP contribution in [0.1, 0.15) is 33.6 Å². The van der Waals surface area contributed by atoms with Gasteiger partial charge in [0.25, 0.3) is 11.5 Å². The quantitative estimate of drug-likeness (QED) is 0.438. The van der Waals surface area contributed by atoms with Crippen molar-refractivity contribution in [3.63, 3.8) is 0 Å². The molecule has 0 bridgehead atoms. The van der Waals surface area contributed by atoms with Gasteiger partial charge >= 0.3 is 0 Å². The molecule has 1 N–H and O–H groups in total. The molecule has 1 aliphatic rings. The number of nitrogens with one attached hydrogen (secondary N) is 1. The summed E-state index contributed by atoms with van der Waals surface area (Å²) < 4.78 is 14.9. The lowest BCUT2D eigenvalue weighted by atomic mass is 10.0. The Balaban J connectivity index is 1.43. The highest BCUT2D eigenvalue weighted by Gasteiger charge is 2.26. The second-order valence-electron chi connectivity index (χ2n) is 8.58. The summed E-state index contributed by atoms with van der Waals surface area (Å²) in [5.74, 6) is -0.295. The van der Waals surface area contributed by atoms with Gasteiger partial charge in [0.2, 0.25) is 0 Å². The summed E-state index contributed by atoms with van der Waals surface area (Å²) in [6, 6.07) is 19.3. The highest BCUT2D eigenvalue weighted by molar-refractivity contribution is 7.12. The number of thiophene rings is 1. The Labute approximate surface area is 205 Å². The lowest BCUT2D eigenvalue weighted by molar-refractivity contribution is 0.0723.